The monoisotopic (exact) mass is 279 g/mol. The van der Waals surface area contributed by atoms with Crippen LogP contribution in [0.5, 0.6) is 5.75 Å². The molecule has 4 rings (SSSR count). The van der Waals surface area contributed by atoms with E-state index in [4.69, 9.17) is 15.0 Å². The second-order valence-corrected chi connectivity index (χ2v) is 4.98. The Kier molecular flexibility index (Phi) is 2.64. The molecule has 0 radical (unpaired) electrons. The lowest BCUT2D eigenvalue weighted by Gasteiger charge is -2.01. The first-order chi connectivity index (χ1) is 10.3. The van der Waals surface area contributed by atoms with Crippen LogP contribution in [0.25, 0.3) is 11.4 Å². The van der Waals surface area contributed by atoms with E-state index in [1.165, 1.54) is 0 Å². The quantitative estimate of drug-likeness (QED) is 0.730. The van der Waals surface area contributed by atoms with Gasteiger partial charge < -0.3 is 15.0 Å². The zero-order chi connectivity index (χ0) is 14.2. The van der Waals surface area contributed by atoms with E-state index in [0.717, 1.165) is 16.9 Å². The van der Waals surface area contributed by atoms with Crippen LogP contribution in [0.1, 0.15) is 17.4 Å². The number of rotatable bonds is 2. The first-order valence-electron chi connectivity index (χ1n) is 6.72. The van der Waals surface area contributed by atoms with Gasteiger partial charge in [-0.25, -0.2) is 0 Å². The van der Waals surface area contributed by atoms with Crippen molar-refractivity contribution in [2.75, 3.05) is 12.3 Å². The van der Waals surface area contributed by atoms with Gasteiger partial charge in [0.15, 0.2) is 0 Å². The first kappa shape index (κ1) is 12.0. The molecule has 1 aliphatic rings. The fraction of sp³-hybridized carbons (Fsp3) is 0.125. The zero-order valence-electron chi connectivity index (χ0n) is 11.2. The van der Waals surface area contributed by atoms with Crippen LogP contribution in [-0.4, -0.2) is 16.7 Å². The van der Waals surface area contributed by atoms with E-state index in [1.807, 2.05) is 48.5 Å². The van der Waals surface area contributed by atoms with Gasteiger partial charge in [-0.3, -0.25) is 0 Å². The van der Waals surface area contributed by atoms with Crippen molar-refractivity contribution in [3.05, 3.63) is 60.0 Å². The summed E-state index contributed by atoms with van der Waals surface area (Å²) in [5, 5.41) is 4.05. The van der Waals surface area contributed by atoms with Crippen molar-refractivity contribution in [1.82, 2.24) is 10.1 Å². The minimum absolute atomic E-state index is 0.0106. The van der Waals surface area contributed by atoms with Crippen molar-refractivity contribution in [3.8, 4) is 17.1 Å². The number of nitrogens with zero attached hydrogens (tertiary/aromatic N) is 2. The Balaban J connectivity index is 1.70. The van der Waals surface area contributed by atoms with Gasteiger partial charge in [0.05, 0.1) is 0 Å². The molecule has 2 heterocycles. The van der Waals surface area contributed by atoms with Crippen molar-refractivity contribution in [2.24, 2.45) is 0 Å². The molecule has 0 bridgehead atoms. The van der Waals surface area contributed by atoms with Gasteiger partial charge >= 0.3 is 0 Å². The second kappa shape index (κ2) is 4.63. The molecule has 21 heavy (non-hydrogen) atoms. The Morgan fingerprint density at radius 3 is 2.90 bits per heavy atom. The summed E-state index contributed by atoms with van der Waals surface area (Å²) < 4.78 is 11.1. The number of hydrogen-bond donors (Lipinski definition) is 1. The smallest absolute Gasteiger partial charge is 0.238 e. The van der Waals surface area contributed by atoms with Gasteiger partial charge in [0.1, 0.15) is 18.3 Å². The summed E-state index contributed by atoms with van der Waals surface area (Å²) in [5.41, 5.74) is 8.38. The number of para-hydroxylation sites is 1. The predicted molar refractivity (Wildman–Crippen MR) is 77.9 cm³/mol. The Labute approximate surface area is 121 Å². The molecule has 0 spiro atoms. The van der Waals surface area contributed by atoms with Gasteiger partial charge in [-0.05, 0) is 18.2 Å². The molecular weight excluding hydrogens is 266 g/mol. The highest BCUT2D eigenvalue weighted by Gasteiger charge is 2.30. The summed E-state index contributed by atoms with van der Waals surface area (Å²) in [4.78, 5) is 4.49. The number of fused-ring (bicyclic) bond motifs is 1. The third-order valence-electron chi connectivity index (χ3n) is 3.58. The molecule has 5 heteroatoms. The molecule has 5 nitrogen and oxygen atoms in total. The summed E-state index contributed by atoms with van der Waals surface area (Å²) in [7, 11) is 0. The molecule has 1 atom stereocenters. The summed E-state index contributed by atoms with van der Waals surface area (Å²) in [5.74, 6) is 1.98. The van der Waals surface area contributed by atoms with Crippen LogP contribution < -0.4 is 10.5 Å². The number of anilines is 1. The van der Waals surface area contributed by atoms with E-state index in [9.17, 15) is 0 Å². The van der Waals surface area contributed by atoms with E-state index >= 15 is 0 Å². The molecule has 0 saturated carbocycles. The number of nitrogens with two attached hydrogens (primary N) is 1. The lowest BCUT2D eigenvalue weighted by molar-refractivity contribution is 0.305. The average Bonchev–Trinajstić information content (AvgIpc) is 3.14. The highest BCUT2D eigenvalue weighted by atomic mass is 16.5. The lowest BCUT2D eigenvalue weighted by Crippen LogP contribution is -2.02. The molecule has 1 aliphatic heterocycles. The number of aromatic nitrogens is 2. The SMILES string of the molecule is Nc1cccc(-c2noc(C3COc4ccccc43)n2)c1. The van der Waals surface area contributed by atoms with Gasteiger partial charge in [0.25, 0.3) is 0 Å². The van der Waals surface area contributed by atoms with E-state index in [1.54, 1.807) is 0 Å². The Morgan fingerprint density at radius 2 is 2.00 bits per heavy atom. The summed E-state index contributed by atoms with van der Waals surface area (Å²) in [6.07, 6.45) is 0. The maximum atomic E-state index is 5.78. The van der Waals surface area contributed by atoms with Gasteiger partial charge in [0, 0.05) is 16.8 Å². The molecule has 0 saturated heterocycles. The normalized spacial score (nSPS) is 16.5. The van der Waals surface area contributed by atoms with Gasteiger partial charge in [-0.1, -0.05) is 35.5 Å². The van der Waals surface area contributed by atoms with Gasteiger partial charge in [-0.15, -0.1) is 0 Å². The first-order valence-corrected chi connectivity index (χ1v) is 6.72. The molecule has 1 aromatic heterocycles. The average molecular weight is 279 g/mol. The highest BCUT2D eigenvalue weighted by molar-refractivity contribution is 5.60. The van der Waals surface area contributed by atoms with Crippen molar-refractivity contribution >= 4 is 5.69 Å². The molecule has 104 valence electrons. The number of benzene rings is 2. The van der Waals surface area contributed by atoms with Crippen molar-refractivity contribution in [1.29, 1.82) is 0 Å². The lowest BCUT2D eigenvalue weighted by atomic mass is 10.0. The highest BCUT2D eigenvalue weighted by Crippen LogP contribution is 2.37. The van der Waals surface area contributed by atoms with Crippen LogP contribution in [0, 0.1) is 0 Å². The van der Waals surface area contributed by atoms with Crippen molar-refractivity contribution < 1.29 is 9.26 Å². The molecule has 2 N–H and O–H groups in total. The third-order valence-corrected chi connectivity index (χ3v) is 3.58. The van der Waals surface area contributed by atoms with Crippen LogP contribution in [0.4, 0.5) is 5.69 Å². The summed E-state index contributed by atoms with van der Waals surface area (Å²) in [6.45, 7) is 0.526. The minimum Gasteiger partial charge on any atom is -0.492 e. The maximum Gasteiger partial charge on any atom is 0.238 e. The van der Waals surface area contributed by atoms with Crippen molar-refractivity contribution in [2.45, 2.75) is 5.92 Å². The largest absolute Gasteiger partial charge is 0.492 e. The second-order valence-electron chi connectivity index (χ2n) is 4.98. The van der Waals surface area contributed by atoms with Gasteiger partial charge in [0.2, 0.25) is 11.7 Å². The van der Waals surface area contributed by atoms with Crippen LogP contribution in [0.3, 0.4) is 0 Å². The van der Waals surface area contributed by atoms with E-state index in [2.05, 4.69) is 10.1 Å². The molecule has 3 aromatic rings. The number of ether oxygens (including phenoxy) is 1. The molecule has 2 aromatic carbocycles. The zero-order valence-corrected chi connectivity index (χ0v) is 11.2. The fourth-order valence-corrected chi connectivity index (χ4v) is 2.54. The van der Waals surface area contributed by atoms with Crippen LogP contribution in [0.2, 0.25) is 0 Å². The van der Waals surface area contributed by atoms with Crippen LogP contribution >= 0.6 is 0 Å². The maximum absolute atomic E-state index is 5.78. The van der Waals surface area contributed by atoms with E-state index in [-0.39, 0.29) is 5.92 Å². The minimum atomic E-state index is -0.0106. The molecule has 0 aliphatic carbocycles. The Bertz CT molecular complexity index is 797. The summed E-state index contributed by atoms with van der Waals surface area (Å²) in [6, 6.07) is 15.3. The van der Waals surface area contributed by atoms with Crippen LogP contribution in [-0.2, 0) is 0 Å². The van der Waals surface area contributed by atoms with Gasteiger partial charge in [-0.2, -0.15) is 4.98 Å². The Hall–Kier alpha value is -2.82. The molecule has 0 amide bonds. The topological polar surface area (TPSA) is 74.2 Å². The molecule has 1 unspecified atom stereocenters. The van der Waals surface area contributed by atoms with E-state index in [0.29, 0.717) is 24.0 Å². The standard InChI is InChI=1S/C16H13N3O2/c17-11-5-3-4-10(8-11)15-18-16(21-19-15)13-9-20-14-7-2-1-6-12(13)14/h1-8,13H,9,17H2. The summed E-state index contributed by atoms with van der Waals surface area (Å²) >= 11 is 0. The number of hydrogen-bond acceptors (Lipinski definition) is 5. The molecular formula is C16H13N3O2. The molecule has 0 fully saturated rings. The van der Waals surface area contributed by atoms with Crippen LogP contribution in [0.15, 0.2) is 53.1 Å². The third kappa shape index (κ3) is 2.03. The van der Waals surface area contributed by atoms with E-state index < -0.39 is 0 Å². The Morgan fingerprint density at radius 1 is 1.10 bits per heavy atom. The van der Waals surface area contributed by atoms with Crippen molar-refractivity contribution in [3.63, 3.8) is 0 Å². The fourth-order valence-electron chi connectivity index (χ4n) is 2.54. The predicted octanol–water partition coefficient (Wildman–Crippen LogP) is 2.84. The number of nitrogen functional groups attached to an aromatic ring is 1.